The molecule has 4 heterocycles. The summed E-state index contributed by atoms with van der Waals surface area (Å²) in [6, 6.07) is 3.60. The summed E-state index contributed by atoms with van der Waals surface area (Å²) in [5.41, 5.74) is -2.55. The van der Waals surface area contributed by atoms with E-state index in [1.807, 2.05) is 12.2 Å². The van der Waals surface area contributed by atoms with E-state index < -0.39 is 62.2 Å². The number of nitrogens with zero attached hydrogens (tertiary/aromatic N) is 5. The second-order valence-electron chi connectivity index (χ2n) is 14.5. The summed E-state index contributed by atoms with van der Waals surface area (Å²) in [5.74, 6) is -1.33. The molecule has 290 valence electrons. The van der Waals surface area contributed by atoms with Crippen molar-refractivity contribution in [2.75, 3.05) is 27.2 Å². The number of pyridine rings is 1. The van der Waals surface area contributed by atoms with Gasteiger partial charge in [0.2, 0.25) is 15.9 Å². The van der Waals surface area contributed by atoms with Crippen molar-refractivity contribution < 1.29 is 45.4 Å². The molecule has 2 saturated carbocycles. The highest BCUT2D eigenvalue weighted by molar-refractivity contribution is 7.91. The summed E-state index contributed by atoms with van der Waals surface area (Å²) in [6.07, 6.45) is 2.40. The average molecular weight is 794 g/mol. The van der Waals surface area contributed by atoms with Crippen LogP contribution in [0.5, 0.6) is 11.5 Å². The lowest BCUT2D eigenvalue weighted by atomic mass is 10.1. The van der Waals surface area contributed by atoms with Crippen LogP contribution in [0, 0.1) is 5.92 Å². The minimum absolute atomic E-state index is 0.0227. The Bertz CT molecular complexity index is 2160. The summed E-state index contributed by atoms with van der Waals surface area (Å²) < 4.78 is 80.3. The van der Waals surface area contributed by atoms with E-state index in [0.29, 0.717) is 37.6 Å². The number of benzene rings is 1. The number of nitrogens with one attached hydrogen (secondary N) is 2. The zero-order valence-corrected chi connectivity index (χ0v) is 31.2. The highest BCUT2D eigenvalue weighted by atomic mass is 35.5. The third-order valence-corrected chi connectivity index (χ3v) is 13.2. The Morgan fingerprint density at radius 2 is 1.91 bits per heavy atom. The number of carbonyl (C=O) groups is 3. The fourth-order valence-electron chi connectivity index (χ4n) is 6.95. The predicted molar refractivity (Wildman–Crippen MR) is 190 cm³/mol. The maximum absolute atomic E-state index is 14.2. The van der Waals surface area contributed by atoms with E-state index in [-0.39, 0.29) is 53.1 Å². The molecule has 14 nitrogen and oxygen atoms in total. The fraction of sp³-hybridized carbons (Fsp3) is 0.514. The Kier molecular flexibility index (Phi) is 9.51. The molecule has 7 rings (SSSR count). The first-order valence-electron chi connectivity index (χ1n) is 17.5. The summed E-state index contributed by atoms with van der Waals surface area (Å²) in [4.78, 5) is 49.1. The number of allylic oxidation sites excluding steroid dienone is 1. The molecule has 54 heavy (non-hydrogen) atoms. The Balaban J connectivity index is 1.21. The lowest BCUT2D eigenvalue weighted by Crippen LogP contribution is -2.58. The zero-order chi connectivity index (χ0) is 38.8. The van der Waals surface area contributed by atoms with Crippen LogP contribution in [0.25, 0.3) is 16.7 Å². The molecule has 4 aliphatic rings. The summed E-state index contributed by atoms with van der Waals surface area (Å²) >= 11 is 6.62. The molecule has 3 fully saturated rings. The number of hydrogen-bond donors (Lipinski definition) is 2. The van der Waals surface area contributed by atoms with E-state index in [9.17, 15) is 36.0 Å². The van der Waals surface area contributed by atoms with Crippen molar-refractivity contribution >= 4 is 50.4 Å². The predicted octanol–water partition coefficient (Wildman–Crippen LogP) is 4.59. The molecular formula is C35H39ClF3N7O7S. The van der Waals surface area contributed by atoms with Crippen LogP contribution < -0.4 is 19.5 Å². The third-order valence-electron chi connectivity index (χ3n) is 10.7. The lowest BCUT2D eigenvalue weighted by molar-refractivity contribution is -0.141. The monoisotopic (exact) mass is 793 g/mol. The normalized spacial score (nSPS) is 26.3. The van der Waals surface area contributed by atoms with Gasteiger partial charge in [0.15, 0.2) is 11.5 Å². The number of carbonyl (C=O) groups excluding carboxylic acids is 3. The molecule has 2 N–H and O–H groups in total. The molecule has 2 aromatic heterocycles. The van der Waals surface area contributed by atoms with Gasteiger partial charge in [-0.1, -0.05) is 23.8 Å². The van der Waals surface area contributed by atoms with E-state index in [1.165, 1.54) is 23.0 Å². The molecule has 19 heteroatoms. The number of methoxy groups -OCH3 is 1. The number of aromatic nitrogens is 3. The Morgan fingerprint density at radius 1 is 1.15 bits per heavy atom. The van der Waals surface area contributed by atoms with Gasteiger partial charge in [-0.2, -0.15) is 18.3 Å². The van der Waals surface area contributed by atoms with Crippen molar-refractivity contribution in [2.45, 2.75) is 80.5 Å². The number of fused-ring (bicyclic) bond motifs is 3. The number of alkyl halides is 3. The number of halogens is 4. The second-order valence-corrected chi connectivity index (χ2v) is 17.1. The van der Waals surface area contributed by atoms with Gasteiger partial charge in [-0.05, 0) is 63.6 Å². The molecule has 1 aromatic carbocycles. The molecule has 4 amide bonds. The first-order chi connectivity index (χ1) is 25.5. The number of amides is 4. The van der Waals surface area contributed by atoms with Gasteiger partial charge < -0.3 is 24.6 Å². The van der Waals surface area contributed by atoms with Gasteiger partial charge in [0, 0.05) is 43.6 Å². The first kappa shape index (κ1) is 37.7. The van der Waals surface area contributed by atoms with Crippen molar-refractivity contribution in [1.29, 1.82) is 0 Å². The van der Waals surface area contributed by atoms with Crippen LogP contribution in [0.3, 0.4) is 0 Å². The van der Waals surface area contributed by atoms with Crippen LogP contribution in [0.1, 0.15) is 57.6 Å². The summed E-state index contributed by atoms with van der Waals surface area (Å²) in [7, 11) is -0.974. The van der Waals surface area contributed by atoms with Crippen LogP contribution in [0.15, 0.2) is 42.6 Å². The van der Waals surface area contributed by atoms with E-state index in [2.05, 4.69) is 20.1 Å². The smallest absolute Gasteiger partial charge is 0.435 e. The van der Waals surface area contributed by atoms with Crippen molar-refractivity contribution in [3.8, 4) is 17.3 Å². The van der Waals surface area contributed by atoms with E-state index in [0.717, 1.165) is 23.4 Å². The fourth-order valence-corrected chi connectivity index (χ4v) is 8.55. The number of ether oxygens (including phenoxy) is 2. The number of hydrogen-bond acceptors (Lipinski definition) is 9. The third kappa shape index (κ3) is 6.93. The average Bonchev–Trinajstić information content (AvgIpc) is 3.88. The van der Waals surface area contributed by atoms with Gasteiger partial charge in [0.05, 0.1) is 23.9 Å². The molecule has 4 atom stereocenters. The number of rotatable bonds is 7. The molecule has 2 aliphatic carbocycles. The Hall–Kier alpha value is -4.58. The molecular weight excluding hydrogens is 755 g/mol. The number of likely N-dealkylation sites (N-methyl/N-ethyl adjacent to an activating group) is 1. The largest absolute Gasteiger partial charge is 0.495 e. The van der Waals surface area contributed by atoms with Gasteiger partial charge in [-0.25, -0.2) is 22.9 Å². The van der Waals surface area contributed by atoms with Gasteiger partial charge in [0.1, 0.15) is 34.2 Å². The van der Waals surface area contributed by atoms with Crippen LogP contribution in [0.4, 0.5) is 18.0 Å². The van der Waals surface area contributed by atoms with Gasteiger partial charge in [-0.15, -0.1) is 0 Å². The van der Waals surface area contributed by atoms with Crippen LogP contribution in [-0.4, -0.2) is 101 Å². The molecule has 1 saturated heterocycles. The topological polar surface area (TPSA) is 165 Å². The minimum atomic E-state index is -4.71. The molecule has 0 spiro atoms. The van der Waals surface area contributed by atoms with Crippen molar-refractivity contribution in [3.63, 3.8) is 0 Å². The van der Waals surface area contributed by atoms with Crippen LogP contribution >= 0.6 is 11.6 Å². The second kappa shape index (κ2) is 13.6. The maximum atomic E-state index is 14.2. The van der Waals surface area contributed by atoms with Crippen LogP contribution in [0.2, 0.25) is 5.02 Å². The SMILES string of the molecule is COc1ccc2c(O[C@H]3C[C@H]4C(=O)N(C)CCCC/C=C\[C@@H]5C[C@@]5(C(=O)NS(=O)(=O)C5(C)CC5)NC(=O)N4C3)cc(-n3ccc(C(F)(F)F)n3)nc2c1Cl. The quantitative estimate of drug-likeness (QED) is 0.326. The molecule has 0 bridgehead atoms. The highest BCUT2D eigenvalue weighted by Gasteiger charge is 2.63. The Morgan fingerprint density at radius 3 is 2.59 bits per heavy atom. The van der Waals surface area contributed by atoms with Crippen molar-refractivity contribution in [2.24, 2.45) is 5.92 Å². The highest BCUT2D eigenvalue weighted by Crippen LogP contribution is 2.48. The molecule has 0 radical (unpaired) electrons. The van der Waals surface area contributed by atoms with E-state index in [1.54, 1.807) is 26.1 Å². The molecule has 3 aromatic rings. The van der Waals surface area contributed by atoms with E-state index >= 15 is 0 Å². The van der Waals surface area contributed by atoms with Crippen molar-refractivity contribution in [1.82, 2.24) is 34.6 Å². The Labute approximate surface area is 314 Å². The number of urea groups is 1. The first-order valence-corrected chi connectivity index (χ1v) is 19.4. The summed E-state index contributed by atoms with van der Waals surface area (Å²) in [5, 5.41) is 6.88. The number of sulfonamides is 1. The van der Waals surface area contributed by atoms with Gasteiger partial charge >= 0.3 is 12.2 Å². The molecule has 0 unspecified atom stereocenters. The zero-order valence-electron chi connectivity index (χ0n) is 29.7. The molecule has 2 aliphatic heterocycles. The van der Waals surface area contributed by atoms with E-state index in [4.69, 9.17) is 21.1 Å². The van der Waals surface area contributed by atoms with Crippen molar-refractivity contribution in [3.05, 3.63) is 53.3 Å². The minimum Gasteiger partial charge on any atom is -0.495 e. The van der Waals surface area contributed by atoms with Gasteiger partial charge in [-0.3, -0.25) is 14.3 Å². The summed E-state index contributed by atoms with van der Waals surface area (Å²) in [6.45, 7) is 1.86. The van der Waals surface area contributed by atoms with Gasteiger partial charge in [0.25, 0.3) is 5.91 Å². The standard InChI is InChI=1S/C35H39ClF3N7O7S/c1-33(12-13-33)54(50,51)43-31(48)34-18-20(34)8-6-4-5-7-14-44(2)30(47)23-16-21(19-45(23)32(49)41-34)53-25-17-27(46-15-11-26(42-46)35(37,38)39)40-29-22(25)9-10-24(52-3)28(29)36/h6,8-11,15,17,20-21,23H,4-5,7,12-14,16,18-19H2,1-3H3,(H,41,49)(H,43,48)/b8-6-/t20-,21+,23+,34-/m1/s1. The van der Waals surface area contributed by atoms with Crippen LogP contribution in [-0.2, 0) is 25.8 Å². The lowest BCUT2D eigenvalue weighted by Gasteiger charge is -2.30. The maximum Gasteiger partial charge on any atom is 0.435 e.